The summed E-state index contributed by atoms with van der Waals surface area (Å²) in [6.07, 6.45) is 12.0. The SMILES string of the molecule is O=C1C=CC(/C=c2\cc/c(=C\c3ccc(/C=C4\C=CC(=O)N4)[nH]3)[nH]2)=N1. The van der Waals surface area contributed by atoms with Crippen LogP contribution < -0.4 is 16.0 Å². The van der Waals surface area contributed by atoms with Gasteiger partial charge in [0.25, 0.3) is 5.91 Å². The van der Waals surface area contributed by atoms with Gasteiger partial charge in [-0.05, 0) is 54.6 Å². The van der Waals surface area contributed by atoms with Gasteiger partial charge < -0.3 is 15.3 Å². The van der Waals surface area contributed by atoms with Gasteiger partial charge in [0.15, 0.2) is 0 Å². The molecule has 2 aromatic rings. The van der Waals surface area contributed by atoms with E-state index < -0.39 is 0 Å². The molecule has 6 nitrogen and oxygen atoms in total. The maximum atomic E-state index is 11.1. The summed E-state index contributed by atoms with van der Waals surface area (Å²) >= 11 is 0. The van der Waals surface area contributed by atoms with E-state index in [9.17, 15) is 9.59 Å². The first kappa shape index (κ1) is 14.9. The van der Waals surface area contributed by atoms with Gasteiger partial charge in [-0.2, -0.15) is 0 Å². The Morgan fingerprint density at radius 3 is 2.20 bits per heavy atom. The summed E-state index contributed by atoms with van der Waals surface area (Å²) in [5.41, 5.74) is 3.23. The van der Waals surface area contributed by atoms with Gasteiger partial charge in [-0.1, -0.05) is 0 Å². The molecular formula is C19H14N4O2. The molecule has 4 rings (SSSR count). The Hall–Kier alpha value is -3.67. The Bertz CT molecular complexity index is 1110. The molecule has 0 saturated heterocycles. The van der Waals surface area contributed by atoms with Crippen LogP contribution in [-0.2, 0) is 9.59 Å². The molecule has 4 heterocycles. The molecule has 0 atom stereocenters. The van der Waals surface area contributed by atoms with Gasteiger partial charge in [-0.25, -0.2) is 4.99 Å². The molecule has 3 N–H and O–H groups in total. The maximum Gasteiger partial charge on any atom is 0.270 e. The second-order valence-electron chi connectivity index (χ2n) is 5.66. The molecule has 2 amide bonds. The molecule has 0 saturated carbocycles. The molecule has 2 aliphatic heterocycles. The molecule has 0 fully saturated rings. The monoisotopic (exact) mass is 330 g/mol. The van der Waals surface area contributed by atoms with Crippen LogP contribution in [0.15, 0.2) is 59.3 Å². The highest BCUT2D eigenvalue weighted by Gasteiger charge is 2.06. The van der Waals surface area contributed by atoms with Gasteiger partial charge >= 0.3 is 0 Å². The lowest BCUT2D eigenvalue weighted by molar-refractivity contribution is -0.115. The molecule has 0 bridgehead atoms. The Kier molecular flexibility index (Phi) is 3.63. The van der Waals surface area contributed by atoms with Gasteiger partial charge in [0.05, 0.1) is 5.71 Å². The first-order valence-corrected chi connectivity index (χ1v) is 7.73. The van der Waals surface area contributed by atoms with E-state index in [1.807, 2.05) is 42.5 Å². The van der Waals surface area contributed by atoms with Crippen LogP contribution >= 0.6 is 0 Å². The highest BCUT2D eigenvalue weighted by Crippen LogP contribution is 2.09. The van der Waals surface area contributed by atoms with Crippen molar-refractivity contribution in [2.75, 3.05) is 0 Å². The number of nitrogens with one attached hydrogen (secondary N) is 3. The summed E-state index contributed by atoms with van der Waals surface area (Å²) in [6.45, 7) is 0. The molecule has 122 valence electrons. The third kappa shape index (κ3) is 3.48. The number of nitrogens with zero attached hydrogens (tertiary/aromatic N) is 1. The number of carbonyl (C=O) groups excluding carboxylic acids is 2. The molecule has 0 aliphatic carbocycles. The van der Waals surface area contributed by atoms with Crippen molar-refractivity contribution in [3.05, 3.63) is 76.4 Å². The van der Waals surface area contributed by atoms with Crippen LogP contribution in [0.25, 0.3) is 18.2 Å². The molecule has 0 spiro atoms. The van der Waals surface area contributed by atoms with Crippen LogP contribution in [0.2, 0.25) is 0 Å². The van der Waals surface area contributed by atoms with Gasteiger partial charge in [0, 0.05) is 39.9 Å². The average Bonchev–Trinajstić information content (AvgIpc) is 3.33. The van der Waals surface area contributed by atoms with Crippen LogP contribution in [0, 0.1) is 0 Å². The van der Waals surface area contributed by atoms with E-state index in [-0.39, 0.29) is 11.8 Å². The normalized spacial score (nSPS) is 19.4. The fourth-order valence-electron chi connectivity index (χ4n) is 2.60. The van der Waals surface area contributed by atoms with Crippen molar-refractivity contribution < 1.29 is 9.59 Å². The summed E-state index contributed by atoms with van der Waals surface area (Å²) in [4.78, 5) is 32.6. The molecule has 0 aromatic carbocycles. The third-order valence-corrected chi connectivity index (χ3v) is 3.71. The average molecular weight is 330 g/mol. The summed E-state index contributed by atoms with van der Waals surface area (Å²) in [5, 5.41) is 4.53. The Morgan fingerprint density at radius 1 is 0.760 bits per heavy atom. The van der Waals surface area contributed by atoms with Gasteiger partial charge in [0.1, 0.15) is 0 Å². The van der Waals surface area contributed by atoms with Crippen molar-refractivity contribution in [1.82, 2.24) is 15.3 Å². The van der Waals surface area contributed by atoms with Gasteiger partial charge in [-0.3, -0.25) is 9.59 Å². The fraction of sp³-hybridized carbons (Fsp3) is 0. The number of hydrogen-bond donors (Lipinski definition) is 3. The van der Waals surface area contributed by atoms with E-state index in [0.29, 0.717) is 5.71 Å². The van der Waals surface area contributed by atoms with Crippen molar-refractivity contribution in [3.8, 4) is 0 Å². The lowest BCUT2D eigenvalue weighted by atomic mass is 10.3. The molecule has 2 aromatic heterocycles. The highest BCUT2D eigenvalue weighted by atomic mass is 16.2. The maximum absolute atomic E-state index is 11.1. The van der Waals surface area contributed by atoms with E-state index in [0.717, 1.165) is 27.8 Å². The smallest absolute Gasteiger partial charge is 0.270 e. The first-order valence-electron chi connectivity index (χ1n) is 7.73. The van der Waals surface area contributed by atoms with Crippen LogP contribution in [0.4, 0.5) is 0 Å². The Labute approximate surface area is 142 Å². The van der Waals surface area contributed by atoms with E-state index in [1.54, 1.807) is 12.2 Å². The molecule has 2 aliphatic rings. The number of amides is 2. The van der Waals surface area contributed by atoms with Crippen LogP contribution in [-0.4, -0.2) is 27.5 Å². The quantitative estimate of drug-likeness (QED) is 0.766. The third-order valence-electron chi connectivity index (χ3n) is 3.71. The predicted octanol–water partition coefficient (Wildman–Crippen LogP) is 0.516. The fourth-order valence-corrected chi connectivity index (χ4v) is 2.60. The Morgan fingerprint density at radius 2 is 1.52 bits per heavy atom. The molecule has 0 unspecified atom stereocenters. The zero-order chi connectivity index (χ0) is 17.2. The minimum Gasteiger partial charge on any atom is -0.355 e. The van der Waals surface area contributed by atoms with Crippen LogP contribution in [0.1, 0.15) is 11.4 Å². The zero-order valence-electron chi connectivity index (χ0n) is 13.1. The molecular weight excluding hydrogens is 316 g/mol. The van der Waals surface area contributed by atoms with Gasteiger partial charge in [-0.15, -0.1) is 0 Å². The Balaban J connectivity index is 1.56. The summed E-state index contributed by atoms with van der Waals surface area (Å²) in [6, 6.07) is 7.78. The molecule has 25 heavy (non-hydrogen) atoms. The standard InChI is InChI=1S/C19H14N4O2/c24-18-7-5-16(22-18)10-14-3-1-12(20-14)9-13-2-4-15(21-13)11-17-6-8-19(25)23-17/h1-11,20-21H,(H,22,24)/b13-9+,15-11+,16-10+. The van der Waals surface area contributed by atoms with E-state index >= 15 is 0 Å². The van der Waals surface area contributed by atoms with Crippen molar-refractivity contribution >= 4 is 35.8 Å². The number of allylic oxidation sites excluding steroid dienone is 2. The summed E-state index contributed by atoms with van der Waals surface area (Å²) < 4.78 is 0. The van der Waals surface area contributed by atoms with Crippen molar-refractivity contribution in [3.63, 3.8) is 0 Å². The first-order chi connectivity index (χ1) is 12.1. The second-order valence-corrected chi connectivity index (χ2v) is 5.66. The minimum atomic E-state index is -0.231. The molecule has 0 radical (unpaired) electrons. The summed E-state index contributed by atoms with van der Waals surface area (Å²) in [7, 11) is 0. The number of hydrogen-bond acceptors (Lipinski definition) is 2. The van der Waals surface area contributed by atoms with E-state index in [1.165, 1.54) is 12.2 Å². The predicted molar refractivity (Wildman–Crippen MR) is 95.7 cm³/mol. The van der Waals surface area contributed by atoms with Crippen LogP contribution in [0.3, 0.4) is 0 Å². The number of carbonyl (C=O) groups is 2. The zero-order valence-corrected chi connectivity index (χ0v) is 13.1. The number of aromatic nitrogens is 2. The number of H-pyrrole nitrogens is 2. The second kappa shape index (κ2) is 6.09. The highest BCUT2D eigenvalue weighted by molar-refractivity contribution is 6.26. The van der Waals surface area contributed by atoms with E-state index in [2.05, 4.69) is 20.3 Å². The number of aromatic amines is 2. The van der Waals surface area contributed by atoms with Crippen LogP contribution in [0.5, 0.6) is 0 Å². The lowest BCUT2D eigenvalue weighted by Gasteiger charge is -1.94. The van der Waals surface area contributed by atoms with Crippen molar-refractivity contribution in [1.29, 1.82) is 0 Å². The van der Waals surface area contributed by atoms with Gasteiger partial charge in [0.2, 0.25) is 5.91 Å². The number of rotatable bonds is 3. The number of aliphatic imine (C=N–C) groups is 1. The topological polar surface area (TPSA) is 90.1 Å². The molecule has 6 heteroatoms. The van der Waals surface area contributed by atoms with Crippen molar-refractivity contribution in [2.24, 2.45) is 4.99 Å². The largest absolute Gasteiger partial charge is 0.355 e. The van der Waals surface area contributed by atoms with Crippen molar-refractivity contribution in [2.45, 2.75) is 0 Å². The summed E-state index contributed by atoms with van der Waals surface area (Å²) in [5.74, 6) is -0.339. The van der Waals surface area contributed by atoms with E-state index in [4.69, 9.17) is 0 Å². The minimum absolute atomic E-state index is 0.108. The lowest BCUT2D eigenvalue weighted by Crippen LogP contribution is -2.12.